The molecule has 0 aliphatic carbocycles. The van der Waals surface area contributed by atoms with Crippen LogP contribution in [0.25, 0.3) is 22.4 Å². The van der Waals surface area contributed by atoms with E-state index in [0.717, 1.165) is 10.1 Å². The van der Waals surface area contributed by atoms with E-state index in [4.69, 9.17) is 0 Å². The molecule has 0 amide bonds. The number of hydrogen-bond donors (Lipinski definition) is 1. The lowest BCUT2D eigenvalue weighted by Gasteiger charge is -2.12. The van der Waals surface area contributed by atoms with E-state index in [1.54, 1.807) is 7.05 Å². The molecule has 118 valence electrons. The van der Waals surface area contributed by atoms with Crippen LogP contribution in [0.15, 0.2) is 39.9 Å². The Balaban J connectivity index is 2.43. The smallest absolute Gasteiger partial charge is 0.332 e. The number of aromatic nitrogens is 4. The molecule has 0 aliphatic rings. The zero-order valence-electron chi connectivity index (χ0n) is 13.2. The fourth-order valence-corrected chi connectivity index (χ4v) is 2.45. The maximum atomic E-state index is 12.4. The van der Waals surface area contributed by atoms with Crippen molar-refractivity contribution in [1.29, 1.82) is 0 Å². The number of nitrogens with zero attached hydrogens (tertiary/aromatic N) is 4. The van der Waals surface area contributed by atoms with Crippen LogP contribution in [0.5, 0.6) is 0 Å². The molecule has 2 aromatic heterocycles. The van der Waals surface area contributed by atoms with Gasteiger partial charge in [0, 0.05) is 26.2 Å². The van der Waals surface area contributed by atoms with E-state index in [-0.39, 0.29) is 11.2 Å². The van der Waals surface area contributed by atoms with Gasteiger partial charge in [0.2, 0.25) is 0 Å². The van der Waals surface area contributed by atoms with Gasteiger partial charge in [-0.1, -0.05) is 30.3 Å². The third-order valence-corrected chi connectivity index (χ3v) is 3.67. The molecule has 0 spiro atoms. The third kappa shape index (κ3) is 2.40. The number of anilines is 1. The van der Waals surface area contributed by atoms with Crippen LogP contribution in [0.4, 0.5) is 5.82 Å². The van der Waals surface area contributed by atoms with Crippen molar-refractivity contribution in [3.63, 3.8) is 0 Å². The van der Waals surface area contributed by atoms with Crippen molar-refractivity contribution in [3.05, 3.63) is 51.2 Å². The van der Waals surface area contributed by atoms with Crippen molar-refractivity contribution in [2.45, 2.75) is 6.92 Å². The summed E-state index contributed by atoms with van der Waals surface area (Å²) < 4.78 is 2.37. The van der Waals surface area contributed by atoms with Crippen LogP contribution in [0.1, 0.15) is 6.92 Å². The molecule has 0 saturated heterocycles. The van der Waals surface area contributed by atoms with Crippen LogP contribution in [0.3, 0.4) is 0 Å². The SMILES string of the molecule is CCNc1nc2c(nc1-c1ccccc1)c(=O)n(C)c(=O)n2C. The predicted molar refractivity (Wildman–Crippen MR) is 89.6 cm³/mol. The van der Waals surface area contributed by atoms with Crippen LogP contribution < -0.4 is 16.6 Å². The first-order valence-electron chi connectivity index (χ1n) is 7.31. The van der Waals surface area contributed by atoms with Crippen LogP contribution in [0.2, 0.25) is 0 Å². The standard InChI is InChI=1S/C16H17N5O2/c1-4-17-13-11(10-8-6-5-7-9-10)18-12-14(19-13)20(2)16(23)21(3)15(12)22/h5-9H,4H2,1-3H3,(H,17,19). The molecule has 2 heterocycles. The van der Waals surface area contributed by atoms with E-state index in [1.165, 1.54) is 11.6 Å². The van der Waals surface area contributed by atoms with Crippen LogP contribution in [0, 0.1) is 0 Å². The second-order valence-corrected chi connectivity index (χ2v) is 5.20. The normalized spacial score (nSPS) is 10.9. The third-order valence-electron chi connectivity index (χ3n) is 3.67. The van der Waals surface area contributed by atoms with Gasteiger partial charge >= 0.3 is 5.69 Å². The molecule has 0 fully saturated rings. The summed E-state index contributed by atoms with van der Waals surface area (Å²) in [5, 5.41) is 3.15. The molecule has 0 unspecified atom stereocenters. The molecular formula is C16H17N5O2. The molecule has 0 radical (unpaired) electrons. The van der Waals surface area contributed by atoms with Gasteiger partial charge in [-0.3, -0.25) is 13.9 Å². The van der Waals surface area contributed by atoms with Crippen LogP contribution in [-0.4, -0.2) is 25.6 Å². The van der Waals surface area contributed by atoms with Gasteiger partial charge in [-0.05, 0) is 6.92 Å². The van der Waals surface area contributed by atoms with Crippen molar-refractivity contribution in [1.82, 2.24) is 19.1 Å². The number of benzene rings is 1. The largest absolute Gasteiger partial charge is 0.368 e. The number of hydrogen-bond acceptors (Lipinski definition) is 5. The molecule has 0 aliphatic heterocycles. The van der Waals surface area contributed by atoms with Crippen molar-refractivity contribution < 1.29 is 0 Å². The molecule has 23 heavy (non-hydrogen) atoms. The Morgan fingerprint density at radius 3 is 2.39 bits per heavy atom. The highest BCUT2D eigenvalue weighted by Crippen LogP contribution is 2.25. The van der Waals surface area contributed by atoms with Gasteiger partial charge < -0.3 is 5.32 Å². The second kappa shape index (κ2) is 5.68. The highest BCUT2D eigenvalue weighted by atomic mass is 16.2. The summed E-state index contributed by atoms with van der Waals surface area (Å²) in [5.41, 5.74) is 1.02. The van der Waals surface area contributed by atoms with E-state index < -0.39 is 11.2 Å². The van der Waals surface area contributed by atoms with Gasteiger partial charge in [-0.2, -0.15) is 0 Å². The number of nitrogens with one attached hydrogen (secondary N) is 1. The Labute approximate surface area is 132 Å². The van der Waals surface area contributed by atoms with Crippen molar-refractivity contribution in [2.24, 2.45) is 14.1 Å². The number of fused-ring (bicyclic) bond motifs is 1. The lowest BCUT2D eigenvalue weighted by atomic mass is 10.1. The summed E-state index contributed by atoms with van der Waals surface area (Å²) in [6, 6.07) is 9.52. The minimum absolute atomic E-state index is 0.176. The van der Waals surface area contributed by atoms with E-state index in [1.807, 2.05) is 37.3 Å². The van der Waals surface area contributed by atoms with E-state index in [2.05, 4.69) is 15.3 Å². The van der Waals surface area contributed by atoms with E-state index in [9.17, 15) is 9.59 Å². The maximum Gasteiger partial charge on any atom is 0.332 e. The van der Waals surface area contributed by atoms with Crippen molar-refractivity contribution >= 4 is 17.0 Å². The van der Waals surface area contributed by atoms with Gasteiger partial charge in [-0.15, -0.1) is 0 Å². The number of rotatable bonds is 3. The Bertz CT molecular complexity index is 989. The molecule has 1 N–H and O–H groups in total. The van der Waals surface area contributed by atoms with Crippen molar-refractivity contribution in [3.8, 4) is 11.3 Å². The molecule has 3 rings (SSSR count). The Kier molecular flexibility index (Phi) is 3.69. The molecule has 1 aromatic carbocycles. The minimum atomic E-state index is -0.448. The Morgan fingerprint density at radius 2 is 1.74 bits per heavy atom. The average Bonchev–Trinajstić information content (AvgIpc) is 2.58. The quantitative estimate of drug-likeness (QED) is 0.784. The van der Waals surface area contributed by atoms with Gasteiger partial charge in [0.15, 0.2) is 17.0 Å². The monoisotopic (exact) mass is 311 g/mol. The minimum Gasteiger partial charge on any atom is -0.368 e. The van der Waals surface area contributed by atoms with Crippen molar-refractivity contribution in [2.75, 3.05) is 11.9 Å². The first kappa shape index (κ1) is 15.0. The molecule has 3 aromatic rings. The Morgan fingerprint density at radius 1 is 1.04 bits per heavy atom. The summed E-state index contributed by atoms with van der Waals surface area (Å²) in [6.07, 6.45) is 0. The van der Waals surface area contributed by atoms with Crippen LogP contribution in [-0.2, 0) is 14.1 Å². The zero-order chi connectivity index (χ0) is 16.6. The summed E-state index contributed by atoms with van der Waals surface area (Å²) in [7, 11) is 3.02. The number of aryl methyl sites for hydroxylation is 1. The average molecular weight is 311 g/mol. The fourth-order valence-electron chi connectivity index (χ4n) is 2.45. The Hall–Kier alpha value is -2.96. The lowest BCUT2D eigenvalue weighted by Crippen LogP contribution is -2.37. The highest BCUT2D eigenvalue weighted by Gasteiger charge is 2.16. The van der Waals surface area contributed by atoms with Gasteiger partial charge in [0.1, 0.15) is 5.69 Å². The summed E-state index contributed by atoms with van der Waals surface area (Å²) in [6.45, 7) is 2.60. The zero-order valence-corrected chi connectivity index (χ0v) is 13.2. The first-order valence-corrected chi connectivity index (χ1v) is 7.31. The molecule has 0 atom stereocenters. The van der Waals surface area contributed by atoms with Gasteiger partial charge in [0.05, 0.1) is 0 Å². The second-order valence-electron chi connectivity index (χ2n) is 5.20. The van der Waals surface area contributed by atoms with Gasteiger partial charge in [-0.25, -0.2) is 14.8 Å². The molecule has 7 heteroatoms. The summed E-state index contributed by atoms with van der Waals surface area (Å²) in [4.78, 5) is 33.4. The van der Waals surface area contributed by atoms with Gasteiger partial charge in [0.25, 0.3) is 5.56 Å². The van der Waals surface area contributed by atoms with E-state index >= 15 is 0 Å². The fraction of sp³-hybridized carbons (Fsp3) is 0.250. The first-order chi connectivity index (χ1) is 11.0. The van der Waals surface area contributed by atoms with Crippen LogP contribution >= 0.6 is 0 Å². The molecule has 7 nitrogen and oxygen atoms in total. The lowest BCUT2D eigenvalue weighted by molar-refractivity contribution is 0.704. The van der Waals surface area contributed by atoms with E-state index in [0.29, 0.717) is 18.1 Å². The molecule has 0 bridgehead atoms. The molecule has 0 saturated carbocycles. The molecular weight excluding hydrogens is 294 g/mol. The predicted octanol–water partition coefficient (Wildman–Crippen LogP) is 1.13. The topological polar surface area (TPSA) is 81.8 Å². The summed E-state index contributed by atoms with van der Waals surface area (Å²) >= 11 is 0. The highest BCUT2D eigenvalue weighted by molar-refractivity contribution is 5.80. The maximum absolute atomic E-state index is 12.4. The summed E-state index contributed by atoms with van der Waals surface area (Å²) in [5.74, 6) is 0.550.